The molecular weight excluding hydrogens is 298 g/mol. The number of hydrogen-bond donors (Lipinski definition) is 0. The SMILES string of the molecule is O=C(CCC1CCCCC1)N(Cc1cnc2ccccn12)C1CC1. The van der Waals surface area contributed by atoms with Crippen molar-refractivity contribution in [3.63, 3.8) is 0 Å². The molecule has 24 heavy (non-hydrogen) atoms. The van der Waals surface area contributed by atoms with E-state index in [0.717, 1.165) is 42.9 Å². The van der Waals surface area contributed by atoms with Gasteiger partial charge in [-0.25, -0.2) is 4.98 Å². The maximum absolute atomic E-state index is 12.8. The Morgan fingerprint density at radius 3 is 2.79 bits per heavy atom. The van der Waals surface area contributed by atoms with Gasteiger partial charge in [-0.3, -0.25) is 4.79 Å². The van der Waals surface area contributed by atoms with Crippen LogP contribution in [0.5, 0.6) is 0 Å². The molecule has 0 atom stereocenters. The van der Waals surface area contributed by atoms with Crippen molar-refractivity contribution in [1.82, 2.24) is 14.3 Å². The van der Waals surface area contributed by atoms with Crippen LogP contribution in [0.4, 0.5) is 0 Å². The number of pyridine rings is 1. The van der Waals surface area contributed by atoms with Crippen LogP contribution in [0.3, 0.4) is 0 Å². The van der Waals surface area contributed by atoms with Gasteiger partial charge in [0.05, 0.1) is 18.4 Å². The Bertz CT molecular complexity index is 698. The minimum atomic E-state index is 0.342. The molecule has 4 nitrogen and oxygen atoms in total. The maximum Gasteiger partial charge on any atom is 0.223 e. The molecule has 0 saturated heterocycles. The molecular formula is C20H27N3O. The van der Waals surface area contributed by atoms with Gasteiger partial charge in [-0.15, -0.1) is 0 Å². The Hall–Kier alpha value is -1.84. The molecule has 2 aromatic rings. The summed E-state index contributed by atoms with van der Waals surface area (Å²) in [6, 6.07) is 6.48. The van der Waals surface area contributed by atoms with Crippen LogP contribution in [0.2, 0.25) is 0 Å². The Morgan fingerprint density at radius 1 is 1.17 bits per heavy atom. The van der Waals surface area contributed by atoms with E-state index < -0.39 is 0 Å². The Balaban J connectivity index is 1.41. The highest BCUT2D eigenvalue weighted by atomic mass is 16.2. The summed E-state index contributed by atoms with van der Waals surface area (Å²) in [5.74, 6) is 1.12. The van der Waals surface area contributed by atoms with E-state index in [4.69, 9.17) is 0 Å². The summed E-state index contributed by atoms with van der Waals surface area (Å²) >= 11 is 0. The van der Waals surface area contributed by atoms with E-state index in [0.29, 0.717) is 18.5 Å². The summed E-state index contributed by atoms with van der Waals surface area (Å²) in [6.07, 6.45) is 14.8. The molecule has 0 unspecified atom stereocenters. The third-order valence-electron chi connectivity index (χ3n) is 5.63. The van der Waals surface area contributed by atoms with E-state index in [2.05, 4.69) is 14.3 Å². The van der Waals surface area contributed by atoms with Gasteiger partial charge in [-0.1, -0.05) is 38.2 Å². The third-order valence-corrected chi connectivity index (χ3v) is 5.63. The average molecular weight is 325 g/mol. The summed E-state index contributed by atoms with van der Waals surface area (Å²) < 4.78 is 2.10. The van der Waals surface area contributed by atoms with Gasteiger partial charge in [0.1, 0.15) is 5.65 Å². The summed E-state index contributed by atoms with van der Waals surface area (Å²) in [5.41, 5.74) is 2.07. The van der Waals surface area contributed by atoms with Crippen LogP contribution in [-0.2, 0) is 11.3 Å². The number of carbonyl (C=O) groups excluding carboxylic acids is 1. The van der Waals surface area contributed by atoms with E-state index in [9.17, 15) is 4.79 Å². The minimum Gasteiger partial charge on any atom is -0.334 e. The van der Waals surface area contributed by atoms with Gasteiger partial charge < -0.3 is 9.30 Å². The molecule has 2 saturated carbocycles. The van der Waals surface area contributed by atoms with Crippen molar-refractivity contribution in [2.75, 3.05) is 0 Å². The highest BCUT2D eigenvalue weighted by Gasteiger charge is 2.33. The molecule has 0 aromatic carbocycles. The van der Waals surface area contributed by atoms with Crippen LogP contribution in [0.25, 0.3) is 5.65 Å². The maximum atomic E-state index is 12.8. The first-order chi connectivity index (χ1) is 11.8. The molecule has 0 spiro atoms. The normalized spacial score (nSPS) is 18.8. The molecule has 2 aliphatic rings. The predicted octanol–water partition coefficient (Wildman–Crippen LogP) is 4.19. The summed E-state index contributed by atoms with van der Waals surface area (Å²) in [4.78, 5) is 19.4. The molecule has 2 fully saturated rings. The lowest BCUT2D eigenvalue weighted by Gasteiger charge is -2.25. The van der Waals surface area contributed by atoms with E-state index in [-0.39, 0.29) is 0 Å². The van der Waals surface area contributed by atoms with Crippen LogP contribution in [0, 0.1) is 5.92 Å². The summed E-state index contributed by atoms with van der Waals surface area (Å²) in [6.45, 7) is 0.694. The predicted molar refractivity (Wildman–Crippen MR) is 94.6 cm³/mol. The molecule has 0 bridgehead atoms. The topological polar surface area (TPSA) is 37.6 Å². The number of aromatic nitrogens is 2. The second-order valence-corrected chi connectivity index (χ2v) is 7.47. The van der Waals surface area contributed by atoms with Crippen LogP contribution in [-0.4, -0.2) is 26.2 Å². The molecule has 2 heterocycles. The highest BCUT2D eigenvalue weighted by molar-refractivity contribution is 5.76. The summed E-state index contributed by atoms with van der Waals surface area (Å²) in [5, 5.41) is 0. The van der Waals surface area contributed by atoms with Crippen LogP contribution in [0.15, 0.2) is 30.6 Å². The lowest BCUT2D eigenvalue weighted by molar-refractivity contribution is -0.132. The first-order valence-corrected chi connectivity index (χ1v) is 9.52. The van der Waals surface area contributed by atoms with E-state index in [1.807, 2.05) is 30.6 Å². The minimum absolute atomic E-state index is 0.342. The molecule has 4 rings (SSSR count). The average Bonchev–Trinajstić information content (AvgIpc) is 3.39. The number of rotatable bonds is 6. The molecule has 128 valence electrons. The Labute approximate surface area is 143 Å². The highest BCUT2D eigenvalue weighted by Crippen LogP contribution is 2.31. The van der Waals surface area contributed by atoms with E-state index >= 15 is 0 Å². The number of fused-ring (bicyclic) bond motifs is 1. The first kappa shape index (κ1) is 15.7. The monoisotopic (exact) mass is 325 g/mol. The molecule has 2 aliphatic carbocycles. The zero-order chi connectivity index (χ0) is 16.4. The van der Waals surface area contributed by atoms with E-state index in [1.54, 1.807) is 0 Å². The van der Waals surface area contributed by atoms with Crippen molar-refractivity contribution >= 4 is 11.6 Å². The van der Waals surface area contributed by atoms with Gasteiger partial charge in [-0.05, 0) is 37.3 Å². The zero-order valence-corrected chi connectivity index (χ0v) is 14.4. The van der Waals surface area contributed by atoms with E-state index in [1.165, 1.54) is 32.1 Å². The van der Waals surface area contributed by atoms with Crippen molar-refractivity contribution in [3.05, 3.63) is 36.3 Å². The lowest BCUT2D eigenvalue weighted by Crippen LogP contribution is -2.33. The second kappa shape index (κ2) is 6.96. The fraction of sp³-hybridized carbons (Fsp3) is 0.600. The van der Waals surface area contributed by atoms with Crippen LogP contribution < -0.4 is 0 Å². The van der Waals surface area contributed by atoms with Crippen LogP contribution in [0.1, 0.15) is 63.5 Å². The van der Waals surface area contributed by atoms with Gasteiger partial charge in [0.2, 0.25) is 5.91 Å². The quantitative estimate of drug-likeness (QED) is 0.799. The number of imidazole rings is 1. The van der Waals surface area contributed by atoms with Gasteiger partial charge >= 0.3 is 0 Å². The van der Waals surface area contributed by atoms with Crippen LogP contribution >= 0.6 is 0 Å². The largest absolute Gasteiger partial charge is 0.334 e. The molecule has 0 aliphatic heterocycles. The van der Waals surface area contributed by atoms with Gasteiger partial charge in [-0.2, -0.15) is 0 Å². The number of hydrogen-bond acceptors (Lipinski definition) is 2. The molecule has 0 N–H and O–H groups in total. The zero-order valence-electron chi connectivity index (χ0n) is 14.4. The van der Waals surface area contributed by atoms with Crippen molar-refractivity contribution < 1.29 is 4.79 Å². The van der Waals surface area contributed by atoms with Crippen molar-refractivity contribution in [2.45, 2.75) is 70.4 Å². The standard InChI is InChI=1S/C20H27N3O/c24-20(12-9-16-6-2-1-3-7-16)23(17-10-11-17)15-18-14-21-19-8-4-5-13-22(18)19/h4-5,8,13-14,16-17H,1-3,6-7,9-12,15H2. The number of carbonyl (C=O) groups is 1. The molecule has 4 heteroatoms. The number of nitrogens with zero attached hydrogens (tertiary/aromatic N) is 3. The molecule has 2 aromatic heterocycles. The Kier molecular flexibility index (Phi) is 4.54. The molecule has 0 radical (unpaired) electrons. The smallest absolute Gasteiger partial charge is 0.223 e. The van der Waals surface area contributed by atoms with Gasteiger partial charge in [0.15, 0.2) is 0 Å². The van der Waals surface area contributed by atoms with Crippen molar-refractivity contribution in [2.24, 2.45) is 5.92 Å². The lowest BCUT2D eigenvalue weighted by atomic mass is 9.86. The van der Waals surface area contributed by atoms with Crippen molar-refractivity contribution in [3.8, 4) is 0 Å². The first-order valence-electron chi connectivity index (χ1n) is 9.52. The van der Waals surface area contributed by atoms with Crippen molar-refractivity contribution in [1.29, 1.82) is 0 Å². The summed E-state index contributed by atoms with van der Waals surface area (Å²) in [7, 11) is 0. The molecule has 1 amide bonds. The number of amides is 1. The Morgan fingerprint density at radius 2 is 2.00 bits per heavy atom. The third kappa shape index (κ3) is 3.47. The van der Waals surface area contributed by atoms with Gasteiger partial charge in [0.25, 0.3) is 0 Å². The fourth-order valence-corrected chi connectivity index (χ4v) is 4.03. The van der Waals surface area contributed by atoms with Gasteiger partial charge in [0, 0.05) is 18.7 Å². The fourth-order valence-electron chi connectivity index (χ4n) is 4.03. The second-order valence-electron chi connectivity index (χ2n) is 7.47.